The summed E-state index contributed by atoms with van der Waals surface area (Å²) in [6, 6.07) is 6.66. The largest absolute Gasteiger partial charge is 0.493 e. The predicted molar refractivity (Wildman–Crippen MR) is 130 cm³/mol. The van der Waals surface area contributed by atoms with Gasteiger partial charge in [-0.1, -0.05) is 39.3 Å². The lowest BCUT2D eigenvalue weighted by molar-refractivity contribution is -0.125. The molecule has 5 N–H and O–H groups in total. The van der Waals surface area contributed by atoms with E-state index in [0.29, 0.717) is 50.5 Å². The highest BCUT2D eigenvalue weighted by Gasteiger charge is 2.23. The minimum absolute atomic E-state index is 0.0573. The molecule has 188 valence electrons. The van der Waals surface area contributed by atoms with Crippen LogP contribution in [0.2, 0.25) is 0 Å². The second-order valence-electron chi connectivity index (χ2n) is 8.75. The van der Waals surface area contributed by atoms with Gasteiger partial charge in [0.25, 0.3) is 5.91 Å². The summed E-state index contributed by atoms with van der Waals surface area (Å²) in [4.78, 5) is 24.8. The number of nitrogens with two attached hydrogens (primary N) is 1. The van der Waals surface area contributed by atoms with Crippen LogP contribution in [0.25, 0.3) is 0 Å². The number of para-hydroxylation sites is 1. The summed E-state index contributed by atoms with van der Waals surface area (Å²) in [5.74, 6) is 0.0197. The van der Waals surface area contributed by atoms with Gasteiger partial charge < -0.3 is 30.9 Å². The fourth-order valence-corrected chi connectivity index (χ4v) is 3.44. The van der Waals surface area contributed by atoms with E-state index in [2.05, 4.69) is 17.6 Å². The number of hydrogen-bond donors (Lipinski definition) is 4. The molecule has 1 aromatic carbocycles. The van der Waals surface area contributed by atoms with Crippen LogP contribution in [0.5, 0.6) is 5.75 Å². The molecule has 0 fully saturated rings. The van der Waals surface area contributed by atoms with Gasteiger partial charge in [0, 0.05) is 45.2 Å². The molecule has 8 heteroatoms. The maximum absolute atomic E-state index is 12.7. The molecule has 0 saturated carbocycles. The summed E-state index contributed by atoms with van der Waals surface area (Å²) in [5, 5.41) is 16.3. The molecule has 8 nitrogen and oxygen atoms in total. The number of methoxy groups -OCH3 is 1. The SMILES string of the molecule is CCCCNC(=O)[C@H](C)C[C@H](O)[C@@H](N)C[C@H](C)CNC(=O)c1ccccc1OCCCOC. The molecule has 0 aliphatic rings. The molecular formula is C25H43N3O5. The van der Waals surface area contributed by atoms with Gasteiger partial charge in [0.05, 0.1) is 18.3 Å². The molecule has 0 bridgehead atoms. The Bertz CT molecular complexity index is 700. The maximum atomic E-state index is 12.7. The van der Waals surface area contributed by atoms with Crippen molar-refractivity contribution in [3.8, 4) is 5.75 Å². The van der Waals surface area contributed by atoms with E-state index in [-0.39, 0.29) is 23.7 Å². The molecule has 0 aromatic heterocycles. The molecular weight excluding hydrogens is 422 g/mol. The lowest BCUT2D eigenvalue weighted by atomic mass is 9.92. The zero-order chi connectivity index (χ0) is 24.6. The Kier molecular flexibility index (Phi) is 14.4. The van der Waals surface area contributed by atoms with Crippen molar-refractivity contribution < 1.29 is 24.2 Å². The third-order valence-corrected chi connectivity index (χ3v) is 5.53. The summed E-state index contributed by atoms with van der Waals surface area (Å²) in [6.45, 7) is 7.98. The van der Waals surface area contributed by atoms with Crippen LogP contribution < -0.4 is 21.1 Å². The van der Waals surface area contributed by atoms with Gasteiger partial charge in [0.15, 0.2) is 0 Å². The summed E-state index contributed by atoms with van der Waals surface area (Å²) in [6.07, 6.45) is 2.75. The number of ether oxygens (including phenoxy) is 2. The van der Waals surface area contributed by atoms with Crippen molar-refractivity contribution in [1.82, 2.24) is 10.6 Å². The topological polar surface area (TPSA) is 123 Å². The van der Waals surface area contributed by atoms with E-state index in [0.717, 1.165) is 19.3 Å². The van der Waals surface area contributed by atoms with Gasteiger partial charge in [-0.3, -0.25) is 9.59 Å². The Morgan fingerprint density at radius 2 is 1.82 bits per heavy atom. The fourth-order valence-electron chi connectivity index (χ4n) is 3.44. The molecule has 0 aliphatic carbocycles. The van der Waals surface area contributed by atoms with Crippen LogP contribution >= 0.6 is 0 Å². The van der Waals surface area contributed by atoms with Crippen LogP contribution in [0.4, 0.5) is 0 Å². The minimum atomic E-state index is -0.781. The van der Waals surface area contributed by atoms with Crippen LogP contribution in [-0.2, 0) is 9.53 Å². The van der Waals surface area contributed by atoms with Gasteiger partial charge in [-0.15, -0.1) is 0 Å². The zero-order valence-corrected chi connectivity index (χ0v) is 20.6. The monoisotopic (exact) mass is 465 g/mol. The average molecular weight is 466 g/mol. The molecule has 33 heavy (non-hydrogen) atoms. The fraction of sp³-hybridized carbons (Fsp3) is 0.680. The number of carbonyl (C=O) groups excluding carboxylic acids is 2. The molecule has 0 heterocycles. The minimum Gasteiger partial charge on any atom is -0.493 e. The molecule has 0 spiro atoms. The van der Waals surface area contributed by atoms with Crippen LogP contribution in [0, 0.1) is 11.8 Å². The van der Waals surface area contributed by atoms with E-state index in [1.165, 1.54) is 0 Å². The van der Waals surface area contributed by atoms with Crippen molar-refractivity contribution in [3.05, 3.63) is 29.8 Å². The Morgan fingerprint density at radius 1 is 1.09 bits per heavy atom. The third kappa shape index (κ3) is 11.5. The molecule has 0 radical (unpaired) electrons. The predicted octanol–water partition coefficient (Wildman–Crippen LogP) is 2.49. The lowest BCUT2D eigenvalue weighted by Gasteiger charge is -2.24. The number of rotatable bonds is 17. The number of benzene rings is 1. The molecule has 0 aliphatic heterocycles. The number of nitrogens with one attached hydrogen (secondary N) is 2. The van der Waals surface area contributed by atoms with Gasteiger partial charge >= 0.3 is 0 Å². The zero-order valence-electron chi connectivity index (χ0n) is 20.6. The van der Waals surface area contributed by atoms with Gasteiger partial charge in [-0.25, -0.2) is 0 Å². The summed E-state index contributed by atoms with van der Waals surface area (Å²) in [5.41, 5.74) is 6.67. The summed E-state index contributed by atoms with van der Waals surface area (Å²) in [7, 11) is 1.64. The standard InChI is InChI=1S/C25H43N3O5/c1-5-6-12-27-24(30)19(3)16-22(29)21(26)15-18(2)17-28-25(31)20-10-7-8-11-23(20)33-14-9-13-32-4/h7-8,10-11,18-19,21-22,29H,5-6,9,12-17,26H2,1-4H3,(H,27,30)(H,28,31)/t18-,19+,21-,22-/m0/s1. The van der Waals surface area contributed by atoms with Crippen LogP contribution in [0.15, 0.2) is 24.3 Å². The van der Waals surface area contributed by atoms with E-state index in [1.54, 1.807) is 32.2 Å². The highest BCUT2D eigenvalue weighted by molar-refractivity contribution is 5.96. The first-order valence-corrected chi connectivity index (χ1v) is 12.0. The van der Waals surface area contributed by atoms with Crippen LogP contribution in [-0.4, -0.2) is 62.5 Å². The first-order valence-electron chi connectivity index (χ1n) is 12.0. The van der Waals surface area contributed by atoms with Gasteiger partial charge in [0.1, 0.15) is 5.75 Å². The van der Waals surface area contributed by atoms with Crippen molar-refractivity contribution in [2.75, 3.05) is 33.4 Å². The number of amides is 2. The lowest BCUT2D eigenvalue weighted by Crippen LogP contribution is -2.41. The number of carbonyl (C=O) groups is 2. The summed E-state index contributed by atoms with van der Waals surface area (Å²) < 4.78 is 10.7. The molecule has 1 rings (SSSR count). The van der Waals surface area contributed by atoms with Crippen molar-refractivity contribution in [2.45, 2.75) is 65.0 Å². The van der Waals surface area contributed by atoms with E-state index in [4.69, 9.17) is 15.2 Å². The van der Waals surface area contributed by atoms with Crippen molar-refractivity contribution in [1.29, 1.82) is 0 Å². The van der Waals surface area contributed by atoms with E-state index in [9.17, 15) is 14.7 Å². The van der Waals surface area contributed by atoms with Gasteiger partial charge in [-0.05, 0) is 37.3 Å². The van der Waals surface area contributed by atoms with E-state index in [1.807, 2.05) is 13.0 Å². The van der Waals surface area contributed by atoms with Gasteiger partial charge in [-0.2, -0.15) is 0 Å². The molecule has 4 atom stereocenters. The first-order chi connectivity index (χ1) is 15.8. The van der Waals surface area contributed by atoms with Crippen LogP contribution in [0.3, 0.4) is 0 Å². The molecule has 0 saturated heterocycles. The van der Waals surface area contributed by atoms with Crippen molar-refractivity contribution >= 4 is 11.8 Å². The molecule has 1 aromatic rings. The van der Waals surface area contributed by atoms with Crippen LogP contribution in [0.1, 0.15) is 63.2 Å². The second-order valence-corrected chi connectivity index (χ2v) is 8.75. The Labute approximate surface area is 198 Å². The first kappa shape index (κ1) is 28.9. The van der Waals surface area contributed by atoms with Crippen molar-refractivity contribution in [2.24, 2.45) is 17.6 Å². The Balaban J connectivity index is 2.45. The maximum Gasteiger partial charge on any atom is 0.255 e. The Hall–Kier alpha value is -2.16. The summed E-state index contributed by atoms with van der Waals surface area (Å²) >= 11 is 0. The number of aliphatic hydroxyl groups excluding tert-OH is 1. The highest BCUT2D eigenvalue weighted by atomic mass is 16.5. The van der Waals surface area contributed by atoms with E-state index >= 15 is 0 Å². The smallest absolute Gasteiger partial charge is 0.255 e. The quantitative estimate of drug-likeness (QED) is 0.262. The normalized spacial score (nSPS) is 14.7. The van der Waals surface area contributed by atoms with Crippen molar-refractivity contribution in [3.63, 3.8) is 0 Å². The average Bonchev–Trinajstić information content (AvgIpc) is 2.80. The number of aliphatic hydroxyl groups is 1. The number of hydrogen-bond acceptors (Lipinski definition) is 6. The Morgan fingerprint density at radius 3 is 2.52 bits per heavy atom. The third-order valence-electron chi connectivity index (χ3n) is 5.53. The van der Waals surface area contributed by atoms with E-state index < -0.39 is 12.1 Å². The highest BCUT2D eigenvalue weighted by Crippen LogP contribution is 2.19. The van der Waals surface area contributed by atoms with Gasteiger partial charge in [0.2, 0.25) is 5.91 Å². The number of unbranched alkanes of at least 4 members (excludes halogenated alkanes) is 1. The molecule has 2 amide bonds. The molecule has 0 unspecified atom stereocenters. The second kappa shape index (κ2) is 16.5.